The van der Waals surface area contributed by atoms with Crippen molar-refractivity contribution in [3.8, 4) is 0 Å². The molecule has 2 heterocycles. The van der Waals surface area contributed by atoms with E-state index in [1.165, 1.54) is 0 Å². The van der Waals surface area contributed by atoms with Crippen LogP contribution in [-0.4, -0.2) is 30.7 Å². The maximum absolute atomic E-state index is 10.7. The van der Waals surface area contributed by atoms with Gasteiger partial charge in [-0.15, -0.1) is 0 Å². The molecular formula is C10H12N2O3S. The molecule has 0 radical (unpaired) electrons. The monoisotopic (exact) mass is 240 g/mol. The van der Waals surface area contributed by atoms with Gasteiger partial charge >= 0.3 is 0 Å². The first-order valence-electron chi connectivity index (χ1n) is 4.82. The van der Waals surface area contributed by atoms with Crippen LogP contribution in [0.25, 0.3) is 5.65 Å². The fourth-order valence-corrected chi connectivity index (χ4v) is 1.79. The Balaban J connectivity index is 2.05. The van der Waals surface area contributed by atoms with Crippen molar-refractivity contribution in [3.05, 3.63) is 36.3 Å². The molecule has 6 heteroatoms. The van der Waals surface area contributed by atoms with E-state index in [0.29, 0.717) is 6.42 Å². The summed E-state index contributed by atoms with van der Waals surface area (Å²) >= 11 is 0. The summed E-state index contributed by atoms with van der Waals surface area (Å²) in [6, 6.07) is 5.70. The lowest BCUT2D eigenvalue weighted by Gasteiger charge is -1.97. The molecule has 2 rings (SSSR count). The second kappa shape index (κ2) is 4.23. The van der Waals surface area contributed by atoms with Gasteiger partial charge in [0.05, 0.1) is 18.6 Å². The normalized spacial score (nSPS) is 12.1. The van der Waals surface area contributed by atoms with Crippen LogP contribution in [0.1, 0.15) is 5.69 Å². The first kappa shape index (κ1) is 11.1. The maximum Gasteiger partial charge on any atom is 0.264 e. The summed E-state index contributed by atoms with van der Waals surface area (Å²) in [5, 5.41) is 0. The van der Waals surface area contributed by atoms with E-state index >= 15 is 0 Å². The number of rotatable bonds is 4. The number of aromatic nitrogens is 2. The van der Waals surface area contributed by atoms with Gasteiger partial charge in [0.15, 0.2) is 0 Å². The van der Waals surface area contributed by atoms with Crippen LogP contribution < -0.4 is 0 Å². The summed E-state index contributed by atoms with van der Waals surface area (Å²) in [7, 11) is -3.36. The first-order valence-corrected chi connectivity index (χ1v) is 6.63. The minimum atomic E-state index is -3.36. The van der Waals surface area contributed by atoms with Crippen molar-refractivity contribution in [2.24, 2.45) is 0 Å². The SMILES string of the molecule is CS(=O)(=O)OCCc1cn2ccccc2n1. The molecule has 0 aliphatic heterocycles. The van der Waals surface area contributed by atoms with Crippen LogP contribution in [0.2, 0.25) is 0 Å². The van der Waals surface area contributed by atoms with Gasteiger partial charge in [-0.3, -0.25) is 4.18 Å². The standard InChI is InChI=1S/C10H12N2O3S/c1-16(13,14)15-7-5-9-8-12-6-3-2-4-10(12)11-9/h2-4,6,8H,5,7H2,1H3. The highest BCUT2D eigenvalue weighted by atomic mass is 32.2. The van der Waals surface area contributed by atoms with Crippen molar-refractivity contribution in [2.45, 2.75) is 6.42 Å². The van der Waals surface area contributed by atoms with Gasteiger partial charge in [0.25, 0.3) is 10.1 Å². The fourth-order valence-electron chi connectivity index (χ4n) is 1.41. The average molecular weight is 240 g/mol. The van der Waals surface area contributed by atoms with Crippen molar-refractivity contribution >= 4 is 15.8 Å². The second-order valence-electron chi connectivity index (χ2n) is 3.47. The highest BCUT2D eigenvalue weighted by molar-refractivity contribution is 7.85. The molecule has 0 N–H and O–H groups in total. The highest BCUT2D eigenvalue weighted by Crippen LogP contribution is 2.05. The van der Waals surface area contributed by atoms with Crippen LogP contribution in [0, 0.1) is 0 Å². The lowest BCUT2D eigenvalue weighted by Crippen LogP contribution is -2.06. The molecule has 0 spiro atoms. The number of fused-ring (bicyclic) bond motifs is 1. The number of pyridine rings is 1. The Hall–Kier alpha value is -1.40. The Bertz CT molecular complexity index is 556. The largest absolute Gasteiger partial charge is 0.307 e. The summed E-state index contributed by atoms with van der Waals surface area (Å²) in [6.45, 7) is 0.128. The number of imidazole rings is 1. The lowest BCUT2D eigenvalue weighted by molar-refractivity contribution is 0.325. The minimum Gasteiger partial charge on any atom is -0.307 e. The topological polar surface area (TPSA) is 60.7 Å². The molecule has 0 atom stereocenters. The molecule has 86 valence electrons. The average Bonchev–Trinajstić information content (AvgIpc) is 2.57. The van der Waals surface area contributed by atoms with E-state index < -0.39 is 10.1 Å². The Labute approximate surface area is 93.8 Å². The van der Waals surface area contributed by atoms with Crippen molar-refractivity contribution < 1.29 is 12.6 Å². The van der Waals surface area contributed by atoms with Crippen molar-refractivity contribution in [1.82, 2.24) is 9.38 Å². The Morgan fingerprint density at radius 1 is 1.44 bits per heavy atom. The van der Waals surface area contributed by atoms with Crippen LogP contribution in [0.5, 0.6) is 0 Å². The molecular weight excluding hydrogens is 228 g/mol. The van der Waals surface area contributed by atoms with Crippen molar-refractivity contribution in [3.63, 3.8) is 0 Å². The summed E-state index contributed by atoms with van der Waals surface area (Å²) in [6.07, 6.45) is 5.27. The van der Waals surface area contributed by atoms with E-state index in [1.807, 2.05) is 35.0 Å². The molecule has 0 unspecified atom stereocenters. The number of hydrogen-bond donors (Lipinski definition) is 0. The molecule has 0 saturated carbocycles. The highest BCUT2D eigenvalue weighted by Gasteiger charge is 2.04. The molecule has 16 heavy (non-hydrogen) atoms. The molecule has 0 bridgehead atoms. The van der Waals surface area contributed by atoms with Gasteiger partial charge in [0.1, 0.15) is 5.65 Å². The minimum absolute atomic E-state index is 0.128. The zero-order valence-electron chi connectivity index (χ0n) is 8.83. The molecule has 0 aliphatic carbocycles. The van der Waals surface area contributed by atoms with E-state index in [9.17, 15) is 8.42 Å². The van der Waals surface area contributed by atoms with E-state index in [0.717, 1.165) is 17.6 Å². The Morgan fingerprint density at radius 3 is 2.94 bits per heavy atom. The molecule has 0 saturated heterocycles. The second-order valence-corrected chi connectivity index (χ2v) is 5.12. The molecule has 0 aliphatic rings. The summed E-state index contributed by atoms with van der Waals surface area (Å²) in [5.41, 5.74) is 1.66. The predicted octanol–water partition coefficient (Wildman–Crippen LogP) is 0.853. The first-order chi connectivity index (χ1) is 7.54. The van der Waals surface area contributed by atoms with E-state index in [-0.39, 0.29) is 6.61 Å². The molecule has 0 amide bonds. The quantitative estimate of drug-likeness (QED) is 0.743. The molecule has 5 nitrogen and oxygen atoms in total. The summed E-state index contributed by atoms with van der Waals surface area (Å²) < 4.78 is 28.0. The molecule has 2 aromatic rings. The van der Waals surface area contributed by atoms with Crippen molar-refractivity contribution in [1.29, 1.82) is 0 Å². The van der Waals surface area contributed by atoms with Crippen LogP contribution in [0.3, 0.4) is 0 Å². The van der Waals surface area contributed by atoms with Crippen LogP contribution in [-0.2, 0) is 20.7 Å². The predicted molar refractivity (Wildman–Crippen MR) is 59.7 cm³/mol. The maximum atomic E-state index is 10.7. The van der Waals surface area contributed by atoms with Gasteiger partial charge < -0.3 is 4.40 Å². The number of hydrogen-bond acceptors (Lipinski definition) is 4. The van der Waals surface area contributed by atoms with E-state index in [4.69, 9.17) is 0 Å². The van der Waals surface area contributed by atoms with Crippen LogP contribution in [0.15, 0.2) is 30.6 Å². The van der Waals surface area contributed by atoms with E-state index in [2.05, 4.69) is 9.17 Å². The van der Waals surface area contributed by atoms with Gasteiger partial charge in [-0.2, -0.15) is 8.42 Å². The molecule has 0 aromatic carbocycles. The Kier molecular flexibility index (Phi) is 2.93. The molecule has 2 aromatic heterocycles. The number of nitrogens with zero attached hydrogens (tertiary/aromatic N) is 2. The van der Waals surface area contributed by atoms with Gasteiger partial charge in [-0.1, -0.05) is 6.07 Å². The lowest BCUT2D eigenvalue weighted by atomic mass is 10.4. The summed E-state index contributed by atoms with van der Waals surface area (Å²) in [4.78, 5) is 4.32. The zero-order chi connectivity index (χ0) is 11.6. The van der Waals surface area contributed by atoms with Gasteiger partial charge in [0, 0.05) is 18.8 Å². The van der Waals surface area contributed by atoms with Gasteiger partial charge in [-0.25, -0.2) is 4.98 Å². The van der Waals surface area contributed by atoms with Crippen LogP contribution >= 0.6 is 0 Å². The third-order valence-corrected chi connectivity index (χ3v) is 2.66. The van der Waals surface area contributed by atoms with Crippen molar-refractivity contribution in [2.75, 3.05) is 12.9 Å². The molecule has 0 fully saturated rings. The fraction of sp³-hybridized carbons (Fsp3) is 0.300. The van der Waals surface area contributed by atoms with Gasteiger partial charge in [-0.05, 0) is 12.1 Å². The third-order valence-electron chi connectivity index (χ3n) is 2.07. The smallest absolute Gasteiger partial charge is 0.264 e. The third kappa shape index (κ3) is 2.80. The zero-order valence-corrected chi connectivity index (χ0v) is 9.64. The summed E-state index contributed by atoms with van der Waals surface area (Å²) in [5.74, 6) is 0. The Morgan fingerprint density at radius 2 is 2.25 bits per heavy atom. The van der Waals surface area contributed by atoms with Crippen LogP contribution in [0.4, 0.5) is 0 Å². The van der Waals surface area contributed by atoms with Gasteiger partial charge in [0.2, 0.25) is 0 Å². The van der Waals surface area contributed by atoms with E-state index in [1.54, 1.807) is 0 Å².